The van der Waals surface area contributed by atoms with Gasteiger partial charge in [-0.3, -0.25) is 29.0 Å². The van der Waals surface area contributed by atoms with Crippen molar-refractivity contribution in [3.8, 4) is 17.2 Å². The number of hydrogen-bond donors (Lipinski definition) is 2. The number of nitrogens with one attached hydrogen (secondary N) is 1. The number of nitrogens with zero attached hydrogens (tertiary/aromatic N) is 2. The number of aliphatic hydroxyl groups excluding tert-OH is 1. The maximum absolute atomic E-state index is 14.2. The molecular weight excluding hydrogens is 634 g/mol. The molecule has 0 spiro atoms. The van der Waals surface area contributed by atoms with Gasteiger partial charge in [-0.25, -0.2) is 4.79 Å². The molecule has 5 aliphatic heterocycles. The number of amides is 1. The lowest BCUT2D eigenvalue weighted by Gasteiger charge is -2.62. The van der Waals surface area contributed by atoms with Gasteiger partial charge in [-0.05, 0) is 27.3 Å². The molecule has 4 bridgehead atoms. The van der Waals surface area contributed by atoms with Crippen molar-refractivity contribution in [3.05, 3.63) is 39.2 Å². The average Bonchev–Trinajstić information content (AvgIpc) is 3.51. The Balaban J connectivity index is 1.51. The molecule has 0 aromatic heterocycles. The Morgan fingerprint density at radius 3 is 2.45 bits per heavy atom. The van der Waals surface area contributed by atoms with Crippen LogP contribution in [0.1, 0.15) is 55.2 Å². The fourth-order valence-electron chi connectivity index (χ4n) is 8.13. The number of allylic oxidation sites excluding steroid dienone is 2. The van der Waals surface area contributed by atoms with Crippen LogP contribution in [0.5, 0.6) is 17.2 Å². The number of ketones is 2. The number of ether oxygens (including phenoxy) is 5. The minimum absolute atomic E-state index is 0.0316. The van der Waals surface area contributed by atoms with Crippen LogP contribution in [0.3, 0.4) is 0 Å². The molecule has 2 fully saturated rings. The van der Waals surface area contributed by atoms with Gasteiger partial charge in [0.2, 0.25) is 18.5 Å². The number of piperazine rings is 1. The van der Waals surface area contributed by atoms with E-state index in [4.69, 9.17) is 23.7 Å². The van der Waals surface area contributed by atoms with Crippen molar-refractivity contribution < 1.29 is 52.8 Å². The van der Waals surface area contributed by atoms with E-state index >= 15 is 0 Å². The Labute approximate surface area is 274 Å². The van der Waals surface area contributed by atoms with E-state index in [2.05, 4.69) is 5.32 Å². The van der Waals surface area contributed by atoms with Gasteiger partial charge >= 0.3 is 11.9 Å². The van der Waals surface area contributed by atoms with Crippen molar-refractivity contribution >= 4 is 41.2 Å². The van der Waals surface area contributed by atoms with Gasteiger partial charge in [0.05, 0.1) is 30.5 Å². The number of Topliss-reactive ketones (excluding diaryl/α,β-unsaturated/α-hetero) is 2. The van der Waals surface area contributed by atoms with Crippen LogP contribution in [0.15, 0.2) is 22.5 Å². The SMILES string of the molecule is COC1=C(C)C(=O)C2=C(C1=O)[C@@H]1C3[C@@H]4SCC(NC(C)=O)C(=O)OC[C@@H](c5c6c(c(C)c(OC(C)=O)c54)OCO6)N3[C@@H](O)[C@@H](C2)N1C. The molecule has 2 N–H and O–H groups in total. The summed E-state index contributed by atoms with van der Waals surface area (Å²) >= 11 is 1.29. The quantitative estimate of drug-likeness (QED) is 0.265. The lowest BCUT2D eigenvalue weighted by atomic mass is 9.70. The number of esters is 2. The maximum Gasteiger partial charge on any atom is 0.329 e. The van der Waals surface area contributed by atoms with E-state index in [0.29, 0.717) is 33.8 Å². The van der Waals surface area contributed by atoms with Crippen LogP contribution in [0.2, 0.25) is 0 Å². The highest BCUT2D eigenvalue weighted by molar-refractivity contribution is 7.99. The first-order chi connectivity index (χ1) is 22.4. The Hall–Kier alpha value is -3.92. The average molecular weight is 670 g/mol. The van der Waals surface area contributed by atoms with Gasteiger partial charge in [0.1, 0.15) is 24.6 Å². The number of benzene rings is 1. The Morgan fingerprint density at radius 1 is 1.04 bits per heavy atom. The van der Waals surface area contributed by atoms with Gasteiger partial charge in [-0.15, -0.1) is 11.8 Å². The van der Waals surface area contributed by atoms with Crippen LogP contribution in [0, 0.1) is 6.92 Å². The molecule has 1 amide bonds. The molecule has 7 rings (SSSR count). The van der Waals surface area contributed by atoms with Crippen molar-refractivity contribution in [2.45, 2.75) is 75.8 Å². The first-order valence-corrected chi connectivity index (χ1v) is 16.4. The van der Waals surface area contributed by atoms with Crippen LogP contribution >= 0.6 is 11.8 Å². The zero-order chi connectivity index (χ0) is 33.6. The van der Waals surface area contributed by atoms with Crippen LogP contribution in [-0.4, -0.2) is 108 Å². The Morgan fingerprint density at radius 2 is 1.77 bits per heavy atom. The first-order valence-electron chi connectivity index (χ1n) is 15.3. The molecular formula is C32H35N3O11S. The van der Waals surface area contributed by atoms with E-state index in [1.165, 1.54) is 32.7 Å². The smallest absolute Gasteiger partial charge is 0.329 e. The second-order valence-electron chi connectivity index (χ2n) is 12.5. The third kappa shape index (κ3) is 4.54. The number of aliphatic hydroxyl groups is 1. The van der Waals surface area contributed by atoms with Gasteiger partial charge in [-0.2, -0.15) is 0 Å². The van der Waals surface area contributed by atoms with E-state index < -0.39 is 65.3 Å². The Bertz CT molecular complexity index is 1720. The minimum atomic E-state index is -1.19. The van der Waals surface area contributed by atoms with Crippen molar-refractivity contribution in [1.82, 2.24) is 15.1 Å². The number of carbonyl (C=O) groups is 5. The van der Waals surface area contributed by atoms with E-state index in [1.54, 1.807) is 13.8 Å². The molecule has 5 heterocycles. The molecule has 0 radical (unpaired) electrons. The highest BCUT2D eigenvalue weighted by Gasteiger charge is 2.62. The number of likely N-dealkylation sites (N-methyl/N-ethyl adjacent to an activating group) is 1. The summed E-state index contributed by atoms with van der Waals surface area (Å²) < 4.78 is 29.1. The van der Waals surface area contributed by atoms with E-state index in [1.807, 2.05) is 16.8 Å². The molecule has 1 aromatic carbocycles. The lowest BCUT2D eigenvalue weighted by molar-refractivity contribution is -0.179. The molecule has 1 aliphatic carbocycles. The monoisotopic (exact) mass is 669 g/mol. The molecule has 250 valence electrons. The lowest BCUT2D eigenvalue weighted by Crippen LogP contribution is -2.73. The van der Waals surface area contributed by atoms with Gasteiger partial charge < -0.3 is 34.1 Å². The standard InChI is InChI=1S/C32H35N3O11S/c1-11-24(38)15-7-17-31(40)35-18-8-43-32(41)16(33-13(3)36)9-47-30(23(35)22(34(17)5)19(15)25(39)27(11)42-6)21-20(18)29-28(44-10-45-29)12(2)26(21)46-14(4)37/h16-18,22-23,30-31,40H,7-10H2,1-6H3,(H,33,36)/t16?,17-,18+,22-,23?,30-,31+/m1/s1. The van der Waals surface area contributed by atoms with Crippen LogP contribution in [0.25, 0.3) is 0 Å². The summed E-state index contributed by atoms with van der Waals surface area (Å²) in [4.78, 5) is 69.7. The second kappa shape index (κ2) is 11.4. The highest BCUT2D eigenvalue weighted by Crippen LogP contribution is 2.62. The van der Waals surface area contributed by atoms with E-state index in [9.17, 15) is 29.1 Å². The molecule has 6 aliphatic rings. The molecule has 0 saturated carbocycles. The van der Waals surface area contributed by atoms with E-state index in [-0.39, 0.29) is 54.0 Å². The predicted octanol–water partition coefficient (Wildman–Crippen LogP) is 0.984. The molecule has 14 nitrogen and oxygen atoms in total. The predicted molar refractivity (Wildman–Crippen MR) is 163 cm³/mol. The number of fused-ring (bicyclic) bond motifs is 8. The van der Waals surface area contributed by atoms with Gasteiger partial charge in [0.15, 0.2) is 23.0 Å². The number of rotatable bonds is 3. The molecule has 2 unspecified atom stereocenters. The molecule has 15 heteroatoms. The molecule has 1 aromatic rings. The summed E-state index contributed by atoms with van der Waals surface area (Å²) in [7, 11) is 3.16. The van der Waals surface area contributed by atoms with Crippen molar-refractivity contribution in [3.63, 3.8) is 0 Å². The number of thioether (sulfide) groups is 1. The normalized spacial score (nSPS) is 31.6. The summed E-state index contributed by atoms with van der Waals surface area (Å²) in [6.07, 6.45) is -1.08. The fourth-order valence-corrected chi connectivity index (χ4v) is 9.63. The third-order valence-corrected chi connectivity index (χ3v) is 11.4. The first kappa shape index (κ1) is 31.7. The van der Waals surface area contributed by atoms with Crippen molar-refractivity contribution in [2.75, 3.05) is 33.3 Å². The maximum atomic E-state index is 14.2. The third-order valence-electron chi connectivity index (χ3n) is 10.0. The summed E-state index contributed by atoms with van der Waals surface area (Å²) in [5.41, 5.74) is 2.45. The summed E-state index contributed by atoms with van der Waals surface area (Å²) in [5, 5.41) is 14.2. The second-order valence-corrected chi connectivity index (χ2v) is 13.7. The molecule has 47 heavy (non-hydrogen) atoms. The van der Waals surface area contributed by atoms with Crippen molar-refractivity contribution in [1.29, 1.82) is 0 Å². The van der Waals surface area contributed by atoms with Crippen LogP contribution in [0.4, 0.5) is 0 Å². The van der Waals surface area contributed by atoms with Crippen molar-refractivity contribution in [2.24, 2.45) is 0 Å². The number of carbonyl (C=O) groups excluding carboxylic acids is 5. The fraction of sp³-hybridized carbons (Fsp3) is 0.531. The zero-order valence-electron chi connectivity index (χ0n) is 26.7. The largest absolute Gasteiger partial charge is 0.492 e. The summed E-state index contributed by atoms with van der Waals surface area (Å²) in [5.74, 6) is -1.35. The number of methoxy groups -OCH3 is 1. The molecule has 2 saturated heterocycles. The molecule has 7 atom stereocenters. The number of hydrogen-bond acceptors (Lipinski definition) is 14. The summed E-state index contributed by atoms with van der Waals surface area (Å²) in [6, 6.07) is -3.93. The number of cyclic esters (lactones) is 1. The minimum Gasteiger partial charge on any atom is -0.492 e. The van der Waals surface area contributed by atoms with E-state index in [0.717, 1.165) is 0 Å². The van der Waals surface area contributed by atoms with Gasteiger partial charge in [-0.1, -0.05) is 0 Å². The Kier molecular flexibility index (Phi) is 7.65. The zero-order valence-corrected chi connectivity index (χ0v) is 27.5. The van der Waals surface area contributed by atoms with Gasteiger partial charge in [0, 0.05) is 59.1 Å². The van der Waals surface area contributed by atoms with Crippen LogP contribution < -0.4 is 19.5 Å². The van der Waals surface area contributed by atoms with Gasteiger partial charge in [0.25, 0.3) is 0 Å². The summed E-state index contributed by atoms with van der Waals surface area (Å²) in [6.45, 7) is 5.54. The highest BCUT2D eigenvalue weighted by atomic mass is 32.2. The van der Waals surface area contributed by atoms with Crippen LogP contribution in [-0.2, 0) is 33.4 Å². The topological polar surface area (TPSA) is 170 Å².